The summed E-state index contributed by atoms with van der Waals surface area (Å²) < 4.78 is 67.9. The minimum absolute atomic E-state index is 0.00221. The summed E-state index contributed by atoms with van der Waals surface area (Å²) in [5.74, 6) is 0.265. The first-order valence-corrected chi connectivity index (χ1v) is 17.0. The summed E-state index contributed by atoms with van der Waals surface area (Å²) >= 11 is 1.12. The number of thiophene rings is 1. The molecule has 0 radical (unpaired) electrons. The molecule has 42 heavy (non-hydrogen) atoms. The van der Waals surface area contributed by atoms with Gasteiger partial charge in [0.15, 0.2) is 0 Å². The minimum Gasteiger partial charge on any atom is -0.497 e. The maximum atomic E-state index is 13.5. The zero-order chi connectivity index (χ0) is 30.7. The van der Waals surface area contributed by atoms with Crippen LogP contribution in [0, 0.1) is 5.92 Å². The summed E-state index contributed by atoms with van der Waals surface area (Å²) in [6.45, 7) is 3.56. The lowest BCUT2D eigenvalue weighted by Gasteiger charge is -2.33. The van der Waals surface area contributed by atoms with Crippen LogP contribution in [-0.2, 0) is 31.3 Å². The van der Waals surface area contributed by atoms with E-state index in [1.54, 1.807) is 41.5 Å². The second kappa shape index (κ2) is 13.0. The Kier molecular flexibility index (Phi) is 9.83. The number of hydrogen-bond donors (Lipinski definition) is 2. The first-order valence-electron chi connectivity index (χ1n) is 13.2. The van der Waals surface area contributed by atoms with Gasteiger partial charge in [-0.1, -0.05) is 13.0 Å². The predicted molar refractivity (Wildman–Crippen MR) is 160 cm³/mol. The number of methoxy groups -OCH3 is 1. The summed E-state index contributed by atoms with van der Waals surface area (Å²) in [6, 6.07) is 13.3. The molecule has 0 fully saturated rings. The summed E-state index contributed by atoms with van der Waals surface area (Å²) in [6.07, 6.45) is -0.773. The van der Waals surface area contributed by atoms with Gasteiger partial charge in [-0.2, -0.15) is 4.31 Å². The second-order valence-corrected chi connectivity index (χ2v) is 15.1. The monoisotopic (exact) mass is 637 g/mol. The largest absolute Gasteiger partial charge is 0.497 e. The summed E-state index contributed by atoms with van der Waals surface area (Å²) in [7, 11) is -4.75. The summed E-state index contributed by atoms with van der Waals surface area (Å²) in [5.41, 5.74) is 0.650. The number of nitrogens with one attached hydrogen (secondary N) is 1. The van der Waals surface area contributed by atoms with Gasteiger partial charge in [0, 0.05) is 30.8 Å². The number of nitrogens with zero attached hydrogens (tertiary/aromatic N) is 2. The van der Waals surface area contributed by atoms with Crippen LogP contribution in [0.4, 0.5) is 5.69 Å². The molecule has 2 heterocycles. The Hall–Kier alpha value is -3.17. The number of ether oxygens (including phenoxy) is 2. The van der Waals surface area contributed by atoms with Gasteiger partial charge >= 0.3 is 0 Å². The van der Waals surface area contributed by atoms with Crippen LogP contribution < -0.4 is 14.2 Å². The number of rotatable bonds is 10. The van der Waals surface area contributed by atoms with E-state index in [9.17, 15) is 26.7 Å². The smallest absolute Gasteiger partial charge is 0.261 e. The Morgan fingerprint density at radius 1 is 1.17 bits per heavy atom. The third-order valence-corrected chi connectivity index (χ3v) is 11.7. The van der Waals surface area contributed by atoms with E-state index < -0.39 is 32.2 Å². The molecule has 1 aliphatic rings. The average molecular weight is 638 g/mol. The molecule has 0 aliphatic carbocycles. The minimum atomic E-state index is -3.95. The molecule has 1 aliphatic heterocycles. The zero-order valence-electron chi connectivity index (χ0n) is 23.8. The highest BCUT2D eigenvalue weighted by Gasteiger charge is 2.34. The third kappa shape index (κ3) is 7.06. The third-order valence-electron chi connectivity index (χ3n) is 7.14. The van der Waals surface area contributed by atoms with Crippen molar-refractivity contribution >= 4 is 43.0 Å². The van der Waals surface area contributed by atoms with E-state index in [0.29, 0.717) is 17.1 Å². The Balaban J connectivity index is 1.67. The fourth-order valence-electron chi connectivity index (χ4n) is 4.60. The van der Waals surface area contributed by atoms with Crippen molar-refractivity contribution in [3.8, 4) is 11.5 Å². The molecule has 0 bridgehead atoms. The molecule has 2 N–H and O–H groups in total. The van der Waals surface area contributed by atoms with Crippen molar-refractivity contribution < 1.29 is 36.2 Å². The number of sulfonamides is 2. The van der Waals surface area contributed by atoms with E-state index in [-0.39, 0.29) is 52.7 Å². The van der Waals surface area contributed by atoms with E-state index in [1.165, 1.54) is 48.8 Å². The fraction of sp³-hybridized carbons (Fsp3) is 0.393. The topological polar surface area (TPSA) is 143 Å². The highest BCUT2D eigenvalue weighted by atomic mass is 32.2. The number of amides is 1. The average Bonchev–Trinajstić information content (AvgIpc) is 3.52. The van der Waals surface area contributed by atoms with Gasteiger partial charge < -0.3 is 19.5 Å². The normalized spacial score (nSPS) is 18.8. The SMILES string of the molecule is COc1ccc(S(=O)(=O)Nc2ccc3c(c2)CC(=O)N([C@H](C)CO)C[C@@H](C)[C@H](CN(C)S(=O)(=O)c2cccs2)O3)cc1. The van der Waals surface area contributed by atoms with E-state index in [2.05, 4.69) is 4.72 Å². The van der Waals surface area contributed by atoms with Crippen LogP contribution >= 0.6 is 11.3 Å². The second-order valence-electron chi connectivity index (χ2n) is 10.2. The van der Waals surface area contributed by atoms with Gasteiger partial charge in [-0.25, -0.2) is 16.8 Å². The Morgan fingerprint density at radius 2 is 1.88 bits per heavy atom. The lowest BCUT2D eigenvalue weighted by atomic mass is 10.0. The van der Waals surface area contributed by atoms with Gasteiger partial charge in [-0.05, 0) is 60.8 Å². The van der Waals surface area contributed by atoms with Crippen molar-refractivity contribution in [2.45, 2.75) is 41.5 Å². The number of fused-ring (bicyclic) bond motifs is 1. The van der Waals surface area contributed by atoms with Gasteiger partial charge in [0.05, 0.1) is 37.6 Å². The number of carbonyl (C=O) groups excluding carboxylic acids is 1. The maximum absolute atomic E-state index is 13.5. The molecule has 1 amide bonds. The highest BCUT2D eigenvalue weighted by Crippen LogP contribution is 2.31. The molecule has 1 aromatic heterocycles. The number of anilines is 1. The maximum Gasteiger partial charge on any atom is 0.261 e. The van der Waals surface area contributed by atoms with Crippen LogP contribution in [0.2, 0.25) is 0 Å². The molecule has 14 heteroatoms. The van der Waals surface area contributed by atoms with Crippen LogP contribution in [0.25, 0.3) is 0 Å². The van der Waals surface area contributed by atoms with Gasteiger partial charge in [-0.3, -0.25) is 9.52 Å². The number of carbonyl (C=O) groups is 1. The number of hydrogen-bond acceptors (Lipinski definition) is 9. The number of benzene rings is 2. The van der Waals surface area contributed by atoms with Gasteiger partial charge in [0.2, 0.25) is 5.91 Å². The van der Waals surface area contributed by atoms with Gasteiger partial charge in [-0.15, -0.1) is 11.3 Å². The predicted octanol–water partition coefficient (Wildman–Crippen LogP) is 3.03. The van der Waals surface area contributed by atoms with Crippen molar-refractivity contribution in [3.05, 3.63) is 65.5 Å². The molecule has 0 spiro atoms. The molecular formula is C28H35N3O8S3. The molecule has 11 nitrogen and oxygen atoms in total. The van der Waals surface area contributed by atoms with Gasteiger partial charge in [0.1, 0.15) is 21.8 Å². The Bertz CT molecular complexity index is 1590. The Morgan fingerprint density at radius 3 is 2.50 bits per heavy atom. The van der Waals surface area contributed by atoms with E-state index in [4.69, 9.17) is 9.47 Å². The Labute approximate surface area is 250 Å². The molecule has 0 unspecified atom stereocenters. The highest BCUT2D eigenvalue weighted by molar-refractivity contribution is 7.92. The zero-order valence-corrected chi connectivity index (χ0v) is 26.2. The standard InChI is InChI=1S/C28H35N3O8S3/c1-19-16-31(20(2)18-32)27(33)15-21-14-22(29-41(34,35)24-10-8-23(38-4)9-11-24)7-12-25(21)39-26(19)17-30(3)42(36,37)28-6-5-13-40-28/h5-14,19-20,26,29,32H,15-18H2,1-4H3/t19-,20-,26+/m1/s1. The van der Waals surface area contributed by atoms with E-state index in [1.807, 2.05) is 6.92 Å². The molecule has 3 atom stereocenters. The van der Waals surface area contributed by atoms with Crippen LogP contribution in [0.15, 0.2) is 69.1 Å². The summed E-state index contributed by atoms with van der Waals surface area (Å²) in [5, 5.41) is 11.6. The molecule has 0 saturated heterocycles. The number of likely N-dealkylation sites (N-methyl/N-ethyl adjacent to an activating group) is 1. The van der Waals surface area contributed by atoms with Crippen molar-refractivity contribution in [1.82, 2.24) is 9.21 Å². The lowest BCUT2D eigenvalue weighted by molar-refractivity contribution is -0.134. The first kappa shape index (κ1) is 31.8. The summed E-state index contributed by atoms with van der Waals surface area (Å²) in [4.78, 5) is 15.0. The number of aliphatic hydroxyl groups is 1. The molecular weight excluding hydrogens is 603 g/mol. The fourth-order valence-corrected chi connectivity index (χ4v) is 8.03. The van der Waals surface area contributed by atoms with Crippen LogP contribution in [0.3, 0.4) is 0 Å². The van der Waals surface area contributed by atoms with Crippen molar-refractivity contribution in [2.24, 2.45) is 5.92 Å². The molecule has 2 aromatic carbocycles. The van der Waals surface area contributed by atoms with Crippen molar-refractivity contribution in [1.29, 1.82) is 0 Å². The van der Waals surface area contributed by atoms with Crippen LogP contribution in [-0.4, -0.2) is 83.1 Å². The quantitative estimate of drug-likeness (QED) is 0.346. The molecule has 4 rings (SSSR count). The lowest BCUT2D eigenvalue weighted by Crippen LogP contribution is -2.48. The molecule has 3 aromatic rings. The van der Waals surface area contributed by atoms with Gasteiger partial charge in [0.25, 0.3) is 20.0 Å². The van der Waals surface area contributed by atoms with Crippen molar-refractivity contribution in [3.63, 3.8) is 0 Å². The van der Waals surface area contributed by atoms with Crippen LogP contribution in [0.1, 0.15) is 19.4 Å². The van der Waals surface area contributed by atoms with Crippen molar-refractivity contribution in [2.75, 3.05) is 38.6 Å². The molecule has 228 valence electrons. The first-order chi connectivity index (χ1) is 19.8. The van der Waals surface area contributed by atoms with Crippen LogP contribution in [0.5, 0.6) is 11.5 Å². The molecule has 0 saturated carbocycles. The van der Waals surface area contributed by atoms with E-state index in [0.717, 1.165) is 11.3 Å². The van der Waals surface area contributed by atoms with E-state index >= 15 is 0 Å². The number of aliphatic hydroxyl groups excluding tert-OH is 1.